The van der Waals surface area contributed by atoms with Crippen LogP contribution in [0, 0.1) is 5.92 Å². The lowest BCUT2D eigenvalue weighted by atomic mass is 10.00. The molecule has 0 aliphatic rings. The van der Waals surface area contributed by atoms with Gasteiger partial charge < -0.3 is 16.2 Å². The van der Waals surface area contributed by atoms with Crippen molar-refractivity contribution in [3.05, 3.63) is 23.0 Å². The number of hydrogen-bond donors (Lipinski definition) is 3. The van der Waals surface area contributed by atoms with E-state index in [4.69, 9.17) is 22.4 Å². The van der Waals surface area contributed by atoms with Crippen molar-refractivity contribution in [3.8, 4) is 0 Å². The Bertz CT molecular complexity index is 420. The summed E-state index contributed by atoms with van der Waals surface area (Å²) in [6.45, 7) is 2.73. The van der Waals surface area contributed by atoms with Crippen LogP contribution in [0.3, 0.4) is 0 Å². The number of amides is 1. The molecule has 4 N–H and O–H groups in total. The molecule has 0 bridgehead atoms. The molecular weight excluding hydrogens is 266 g/mol. The number of nitrogens with one attached hydrogen (secondary N) is 1. The molecule has 106 valence electrons. The standard InChI is InChI=1S/C13H20ClN3O2/c1-2-3-9(4-5-18)7-17-13(19)10-6-12(14)16-8-11(10)15/h6,8-9,18H,2-5,7,15H2,1H3,(H,17,19). The van der Waals surface area contributed by atoms with Gasteiger partial charge in [-0.15, -0.1) is 0 Å². The fourth-order valence-corrected chi connectivity index (χ4v) is 2.07. The fraction of sp³-hybridized carbons (Fsp3) is 0.538. The van der Waals surface area contributed by atoms with Crippen LogP contribution >= 0.6 is 11.6 Å². The zero-order valence-corrected chi connectivity index (χ0v) is 11.8. The molecule has 1 aromatic rings. The number of nitrogens with two attached hydrogens (primary N) is 1. The highest BCUT2D eigenvalue weighted by Gasteiger charge is 2.13. The van der Waals surface area contributed by atoms with Gasteiger partial charge in [-0.25, -0.2) is 4.98 Å². The van der Waals surface area contributed by atoms with Crippen LogP contribution in [0.4, 0.5) is 5.69 Å². The van der Waals surface area contributed by atoms with E-state index in [1.807, 2.05) is 0 Å². The predicted octanol–water partition coefficient (Wildman–Crippen LogP) is 1.85. The van der Waals surface area contributed by atoms with Gasteiger partial charge in [0, 0.05) is 13.2 Å². The summed E-state index contributed by atoms with van der Waals surface area (Å²) >= 11 is 5.74. The van der Waals surface area contributed by atoms with Crippen LogP contribution in [0.2, 0.25) is 5.15 Å². The summed E-state index contributed by atoms with van der Waals surface area (Å²) in [5.41, 5.74) is 6.33. The van der Waals surface area contributed by atoms with Crippen molar-refractivity contribution in [2.75, 3.05) is 18.9 Å². The Morgan fingerprint density at radius 3 is 2.95 bits per heavy atom. The lowest BCUT2D eigenvalue weighted by Gasteiger charge is -2.16. The van der Waals surface area contributed by atoms with Crippen molar-refractivity contribution in [1.29, 1.82) is 0 Å². The molecule has 5 nitrogen and oxygen atoms in total. The van der Waals surface area contributed by atoms with Crippen molar-refractivity contribution in [3.63, 3.8) is 0 Å². The monoisotopic (exact) mass is 285 g/mol. The number of anilines is 1. The first-order valence-electron chi connectivity index (χ1n) is 6.38. The molecule has 0 saturated carbocycles. The van der Waals surface area contributed by atoms with Gasteiger partial charge in [0.1, 0.15) is 5.15 Å². The minimum Gasteiger partial charge on any atom is -0.397 e. The maximum absolute atomic E-state index is 12.0. The summed E-state index contributed by atoms with van der Waals surface area (Å²) in [7, 11) is 0. The Kier molecular flexibility index (Phi) is 6.59. The summed E-state index contributed by atoms with van der Waals surface area (Å²) in [5, 5.41) is 12.0. The smallest absolute Gasteiger partial charge is 0.253 e. The van der Waals surface area contributed by atoms with E-state index >= 15 is 0 Å². The molecule has 0 fully saturated rings. The lowest BCUT2D eigenvalue weighted by molar-refractivity contribution is 0.0943. The second kappa shape index (κ2) is 7.96. The molecule has 1 atom stereocenters. The maximum atomic E-state index is 12.0. The molecule has 0 saturated heterocycles. The van der Waals surface area contributed by atoms with Gasteiger partial charge in [0.15, 0.2) is 0 Å². The van der Waals surface area contributed by atoms with Crippen molar-refractivity contribution >= 4 is 23.2 Å². The van der Waals surface area contributed by atoms with Gasteiger partial charge in [-0.2, -0.15) is 0 Å². The number of nitrogen functional groups attached to an aromatic ring is 1. The number of halogens is 1. The first-order valence-corrected chi connectivity index (χ1v) is 6.76. The van der Waals surface area contributed by atoms with Crippen LogP contribution in [0.25, 0.3) is 0 Å². The number of hydrogen-bond acceptors (Lipinski definition) is 4. The van der Waals surface area contributed by atoms with E-state index in [2.05, 4.69) is 17.2 Å². The molecule has 0 spiro atoms. The molecule has 0 aliphatic carbocycles. The SMILES string of the molecule is CCCC(CCO)CNC(=O)c1cc(Cl)ncc1N. The Labute approximate surface area is 118 Å². The van der Waals surface area contributed by atoms with Gasteiger partial charge in [-0.05, 0) is 24.8 Å². The number of pyridine rings is 1. The molecule has 19 heavy (non-hydrogen) atoms. The minimum atomic E-state index is -0.263. The van der Waals surface area contributed by atoms with E-state index in [-0.39, 0.29) is 23.6 Å². The molecule has 1 rings (SSSR count). The summed E-state index contributed by atoms with van der Waals surface area (Å²) < 4.78 is 0. The molecule has 1 amide bonds. The average Bonchev–Trinajstić information content (AvgIpc) is 2.39. The summed E-state index contributed by atoms with van der Waals surface area (Å²) in [4.78, 5) is 15.8. The van der Waals surface area contributed by atoms with E-state index in [1.165, 1.54) is 12.3 Å². The number of rotatable bonds is 7. The van der Waals surface area contributed by atoms with Crippen LogP contribution in [0.5, 0.6) is 0 Å². The molecule has 0 aromatic carbocycles. The Morgan fingerprint density at radius 1 is 1.58 bits per heavy atom. The van der Waals surface area contributed by atoms with Crippen molar-refractivity contribution in [2.24, 2.45) is 5.92 Å². The van der Waals surface area contributed by atoms with Crippen LogP contribution in [-0.2, 0) is 0 Å². The Hall–Kier alpha value is -1.33. The number of aliphatic hydroxyl groups is 1. The summed E-state index contributed by atoms with van der Waals surface area (Å²) in [6, 6.07) is 1.45. The number of aliphatic hydroxyl groups excluding tert-OH is 1. The maximum Gasteiger partial charge on any atom is 0.253 e. The van der Waals surface area contributed by atoms with Crippen molar-refractivity contribution < 1.29 is 9.90 Å². The number of carbonyl (C=O) groups is 1. The molecule has 6 heteroatoms. The fourth-order valence-electron chi connectivity index (χ4n) is 1.91. The molecule has 1 aromatic heterocycles. The predicted molar refractivity (Wildman–Crippen MR) is 76.1 cm³/mol. The topological polar surface area (TPSA) is 88.2 Å². The Morgan fingerprint density at radius 2 is 2.32 bits per heavy atom. The molecule has 0 aliphatic heterocycles. The Balaban J connectivity index is 2.61. The third-order valence-electron chi connectivity index (χ3n) is 2.93. The molecule has 0 radical (unpaired) electrons. The largest absolute Gasteiger partial charge is 0.397 e. The van der Waals surface area contributed by atoms with E-state index < -0.39 is 0 Å². The second-order valence-electron chi connectivity index (χ2n) is 4.47. The number of nitrogens with zero attached hydrogens (tertiary/aromatic N) is 1. The first kappa shape index (κ1) is 15.7. The van der Waals surface area contributed by atoms with Crippen LogP contribution in [-0.4, -0.2) is 29.1 Å². The molecule has 1 unspecified atom stereocenters. The van der Waals surface area contributed by atoms with E-state index in [9.17, 15) is 4.79 Å². The van der Waals surface area contributed by atoms with Gasteiger partial charge >= 0.3 is 0 Å². The minimum absolute atomic E-state index is 0.129. The summed E-state index contributed by atoms with van der Waals surface area (Å²) in [6.07, 6.45) is 4.03. The van der Waals surface area contributed by atoms with Gasteiger partial charge in [0.25, 0.3) is 5.91 Å². The zero-order chi connectivity index (χ0) is 14.3. The quantitative estimate of drug-likeness (QED) is 0.667. The average molecular weight is 286 g/mol. The van der Waals surface area contributed by atoms with E-state index in [0.717, 1.165) is 12.8 Å². The molecular formula is C13H20ClN3O2. The highest BCUT2D eigenvalue weighted by atomic mass is 35.5. The second-order valence-corrected chi connectivity index (χ2v) is 4.86. The third-order valence-corrected chi connectivity index (χ3v) is 3.14. The van der Waals surface area contributed by atoms with E-state index in [0.29, 0.717) is 24.2 Å². The van der Waals surface area contributed by atoms with E-state index in [1.54, 1.807) is 0 Å². The third kappa shape index (κ3) is 5.04. The molecule has 1 heterocycles. The first-order chi connectivity index (χ1) is 9.08. The van der Waals surface area contributed by atoms with Gasteiger partial charge in [-0.1, -0.05) is 24.9 Å². The van der Waals surface area contributed by atoms with Crippen molar-refractivity contribution in [2.45, 2.75) is 26.2 Å². The number of carbonyl (C=O) groups excluding carboxylic acids is 1. The summed E-state index contributed by atoms with van der Waals surface area (Å²) in [5.74, 6) is 0.0123. The van der Waals surface area contributed by atoms with Crippen LogP contribution < -0.4 is 11.1 Å². The van der Waals surface area contributed by atoms with Gasteiger partial charge in [-0.3, -0.25) is 4.79 Å². The van der Waals surface area contributed by atoms with Gasteiger partial charge in [0.2, 0.25) is 0 Å². The van der Waals surface area contributed by atoms with Crippen molar-refractivity contribution in [1.82, 2.24) is 10.3 Å². The van der Waals surface area contributed by atoms with Crippen LogP contribution in [0.15, 0.2) is 12.3 Å². The number of aromatic nitrogens is 1. The normalized spacial score (nSPS) is 12.2. The highest BCUT2D eigenvalue weighted by molar-refractivity contribution is 6.29. The zero-order valence-electron chi connectivity index (χ0n) is 11.0. The van der Waals surface area contributed by atoms with Crippen LogP contribution in [0.1, 0.15) is 36.5 Å². The lowest BCUT2D eigenvalue weighted by Crippen LogP contribution is -2.30. The highest BCUT2D eigenvalue weighted by Crippen LogP contribution is 2.15. The van der Waals surface area contributed by atoms with Gasteiger partial charge in [0.05, 0.1) is 17.4 Å².